The Kier molecular flexibility index (Phi) is 6.57. The van der Waals surface area contributed by atoms with Gasteiger partial charge in [0.25, 0.3) is 5.91 Å². The van der Waals surface area contributed by atoms with Crippen molar-refractivity contribution >= 4 is 17.5 Å². The summed E-state index contributed by atoms with van der Waals surface area (Å²) in [6, 6.07) is 24.6. The molecule has 0 aliphatic heterocycles. The highest BCUT2D eigenvalue weighted by atomic mass is 35.5. The second-order valence-corrected chi connectivity index (χ2v) is 7.96. The predicted octanol–water partition coefficient (Wildman–Crippen LogP) is 5.65. The van der Waals surface area contributed by atoms with E-state index in [0.29, 0.717) is 29.5 Å². The van der Waals surface area contributed by atoms with E-state index >= 15 is 0 Å². The highest BCUT2D eigenvalue weighted by Crippen LogP contribution is 2.19. The van der Waals surface area contributed by atoms with E-state index in [1.54, 1.807) is 24.3 Å². The van der Waals surface area contributed by atoms with Crippen molar-refractivity contribution in [3.63, 3.8) is 0 Å². The number of carbonyl (C=O) groups is 1. The molecule has 0 atom stereocenters. The number of aromatic nitrogens is 2. The van der Waals surface area contributed by atoms with Crippen LogP contribution >= 0.6 is 11.6 Å². The molecule has 0 unspecified atom stereocenters. The molecular formula is C26H24ClN3O2. The smallest absolute Gasteiger partial charge is 0.251 e. The Labute approximate surface area is 192 Å². The fourth-order valence-corrected chi connectivity index (χ4v) is 3.68. The number of ether oxygens (including phenoxy) is 1. The number of nitrogens with one attached hydrogen (secondary N) is 1. The predicted molar refractivity (Wildman–Crippen MR) is 126 cm³/mol. The zero-order chi connectivity index (χ0) is 22.5. The van der Waals surface area contributed by atoms with Crippen LogP contribution in [0.15, 0.2) is 78.9 Å². The van der Waals surface area contributed by atoms with E-state index in [1.807, 2.05) is 73.1 Å². The van der Waals surface area contributed by atoms with E-state index in [-0.39, 0.29) is 5.91 Å². The van der Waals surface area contributed by atoms with E-state index < -0.39 is 0 Å². The largest absolute Gasteiger partial charge is 0.489 e. The van der Waals surface area contributed by atoms with Crippen LogP contribution in [0.2, 0.25) is 5.02 Å². The summed E-state index contributed by atoms with van der Waals surface area (Å²) in [6.45, 7) is 4.80. The lowest BCUT2D eigenvalue weighted by Crippen LogP contribution is -2.23. The average molecular weight is 446 g/mol. The molecule has 162 valence electrons. The molecule has 6 heteroatoms. The fourth-order valence-electron chi connectivity index (χ4n) is 3.50. The van der Waals surface area contributed by atoms with Crippen molar-refractivity contribution in [1.29, 1.82) is 0 Å². The van der Waals surface area contributed by atoms with Gasteiger partial charge in [0, 0.05) is 28.4 Å². The first kappa shape index (κ1) is 21.7. The molecule has 4 rings (SSSR count). The Morgan fingerprint density at radius 1 is 1.00 bits per heavy atom. The third-order valence-electron chi connectivity index (χ3n) is 5.29. The number of benzene rings is 3. The van der Waals surface area contributed by atoms with Gasteiger partial charge in [-0.25, -0.2) is 4.68 Å². The Morgan fingerprint density at radius 2 is 1.75 bits per heavy atom. The van der Waals surface area contributed by atoms with Crippen molar-refractivity contribution in [3.8, 4) is 11.4 Å². The van der Waals surface area contributed by atoms with Crippen molar-refractivity contribution in [3.05, 3.63) is 112 Å². The van der Waals surface area contributed by atoms with Crippen LogP contribution in [0.3, 0.4) is 0 Å². The second-order valence-electron chi connectivity index (χ2n) is 7.52. The summed E-state index contributed by atoms with van der Waals surface area (Å²) in [4.78, 5) is 12.7. The molecule has 0 saturated heterocycles. The Bertz CT molecular complexity index is 1220. The van der Waals surface area contributed by atoms with E-state index in [0.717, 1.165) is 28.2 Å². The van der Waals surface area contributed by atoms with Crippen molar-refractivity contribution in [2.45, 2.75) is 27.0 Å². The summed E-state index contributed by atoms with van der Waals surface area (Å²) in [5.41, 5.74) is 5.51. The quantitative estimate of drug-likeness (QED) is 0.400. The van der Waals surface area contributed by atoms with Crippen LogP contribution in [0.1, 0.15) is 32.9 Å². The minimum Gasteiger partial charge on any atom is -0.489 e. The van der Waals surface area contributed by atoms with E-state index in [4.69, 9.17) is 16.3 Å². The number of amides is 1. The number of rotatable bonds is 7. The number of halogens is 1. The van der Waals surface area contributed by atoms with Gasteiger partial charge in [0.15, 0.2) is 0 Å². The summed E-state index contributed by atoms with van der Waals surface area (Å²) in [5, 5.41) is 8.28. The van der Waals surface area contributed by atoms with Crippen molar-refractivity contribution < 1.29 is 9.53 Å². The topological polar surface area (TPSA) is 56.2 Å². The zero-order valence-corrected chi connectivity index (χ0v) is 18.8. The van der Waals surface area contributed by atoms with Gasteiger partial charge in [-0.15, -0.1) is 0 Å². The molecule has 0 saturated carbocycles. The highest BCUT2D eigenvalue weighted by molar-refractivity contribution is 6.30. The summed E-state index contributed by atoms with van der Waals surface area (Å²) in [7, 11) is 0. The molecule has 32 heavy (non-hydrogen) atoms. The molecular weight excluding hydrogens is 422 g/mol. The number of para-hydroxylation sites is 1. The molecule has 0 fully saturated rings. The molecule has 1 aromatic heterocycles. The van der Waals surface area contributed by atoms with Crippen LogP contribution in [-0.4, -0.2) is 15.7 Å². The lowest BCUT2D eigenvalue weighted by Gasteiger charge is -2.09. The van der Waals surface area contributed by atoms with E-state index in [2.05, 4.69) is 10.4 Å². The first-order chi connectivity index (χ1) is 15.5. The molecule has 1 N–H and O–H groups in total. The van der Waals surface area contributed by atoms with Gasteiger partial charge in [0.05, 0.1) is 11.4 Å². The highest BCUT2D eigenvalue weighted by Gasteiger charge is 2.14. The normalized spacial score (nSPS) is 10.7. The minimum absolute atomic E-state index is 0.126. The van der Waals surface area contributed by atoms with E-state index in [9.17, 15) is 4.79 Å². The molecule has 0 spiro atoms. The number of aryl methyl sites for hydroxylation is 1. The first-order valence-electron chi connectivity index (χ1n) is 10.4. The number of nitrogens with zero attached hydrogens (tertiary/aromatic N) is 2. The molecule has 1 heterocycles. The average Bonchev–Trinajstić information content (AvgIpc) is 3.10. The van der Waals surface area contributed by atoms with Crippen LogP contribution in [-0.2, 0) is 13.2 Å². The molecule has 5 nitrogen and oxygen atoms in total. The number of carbonyl (C=O) groups excluding carboxylic acids is 1. The molecule has 0 bridgehead atoms. The van der Waals surface area contributed by atoms with Crippen molar-refractivity contribution in [2.24, 2.45) is 0 Å². The molecule has 0 radical (unpaired) electrons. The number of hydrogen-bond acceptors (Lipinski definition) is 3. The van der Waals surface area contributed by atoms with Gasteiger partial charge in [0.2, 0.25) is 0 Å². The van der Waals surface area contributed by atoms with Crippen LogP contribution in [0, 0.1) is 13.8 Å². The fraction of sp³-hybridized carbons (Fsp3) is 0.154. The maximum absolute atomic E-state index is 12.7. The summed E-state index contributed by atoms with van der Waals surface area (Å²) in [6.07, 6.45) is 0. The van der Waals surface area contributed by atoms with Crippen LogP contribution < -0.4 is 10.1 Å². The SMILES string of the molecule is Cc1nn(-c2ccccc2)c(C)c1CNC(=O)c1ccc(COc2cccc(Cl)c2)cc1. The van der Waals surface area contributed by atoms with Crippen molar-refractivity contribution in [1.82, 2.24) is 15.1 Å². The lowest BCUT2D eigenvalue weighted by molar-refractivity contribution is 0.0951. The monoisotopic (exact) mass is 445 g/mol. The maximum atomic E-state index is 12.7. The summed E-state index contributed by atoms with van der Waals surface area (Å²) < 4.78 is 7.66. The molecule has 4 aromatic rings. The van der Waals surface area contributed by atoms with Gasteiger partial charge in [-0.3, -0.25) is 4.79 Å². The Hall–Kier alpha value is -3.57. The Balaban J connectivity index is 1.37. The maximum Gasteiger partial charge on any atom is 0.251 e. The van der Waals surface area contributed by atoms with Gasteiger partial charge in [0.1, 0.15) is 12.4 Å². The van der Waals surface area contributed by atoms with Gasteiger partial charge in [-0.05, 0) is 61.9 Å². The first-order valence-corrected chi connectivity index (χ1v) is 10.7. The minimum atomic E-state index is -0.126. The molecule has 1 amide bonds. The van der Waals surface area contributed by atoms with Crippen molar-refractivity contribution in [2.75, 3.05) is 0 Å². The standard InChI is InChI=1S/C26H24ClN3O2/c1-18-25(19(2)30(29-18)23-8-4-3-5-9-23)16-28-26(31)21-13-11-20(12-14-21)17-32-24-10-6-7-22(27)15-24/h3-15H,16-17H2,1-2H3,(H,28,31). The summed E-state index contributed by atoms with van der Waals surface area (Å²) in [5.74, 6) is 0.583. The molecule has 0 aliphatic rings. The summed E-state index contributed by atoms with van der Waals surface area (Å²) >= 11 is 5.98. The van der Waals surface area contributed by atoms with Gasteiger partial charge in [-0.2, -0.15) is 5.10 Å². The Morgan fingerprint density at radius 3 is 2.47 bits per heavy atom. The van der Waals surface area contributed by atoms with Gasteiger partial charge < -0.3 is 10.1 Å². The van der Waals surface area contributed by atoms with Crippen LogP contribution in [0.5, 0.6) is 5.75 Å². The third-order valence-corrected chi connectivity index (χ3v) is 5.52. The molecule has 3 aromatic carbocycles. The molecule has 0 aliphatic carbocycles. The lowest BCUT2D eigenvalue weighted by atomic mass is 10.1. The van der Waals surface area contributed by atoms with Crippen LogP contribution in [0.4, 0.5) is 0 Å². The zero-order valence-electron chi connectivity index (χ0n) is 18.0. The second kappa shape index (κ2) is 9.71. The van der Waals surface area contributed by atoms with Crippen LogP contribution in [0.25, 0.3) is 5.69 Å². The number of hydrogen-bond donors (Lipinski definition) is 1. The van der Waals surface area contributed by atoms with E-state index in [1.165, 1.54) is 0 Å². The van der Waals surface area contributed by atoms with Gasteiger partial charge >= 0.3 is 0 Å². The van der Waals surface area contributed by atoms with Gasteiger partial charge in [-0.1, -0.05) is 48.0 Å². The third kappa shape index (κ3) is 5.01.